The second kappa shape index (κ2) is 17.1. The minimum Gasteiger partial charge on any atom is -0.337 e. The predicted octanol–water partition coefficient (Wildman–Crippen LogP) is 3.69. The second-order valence-electron chi connectivity index (χ2n) is 15.9. The van der Waals surface area contributed by atoms with Gasteiger partial charge in [0.05, 0.1) is 24.5 Å². The Morgan fingerprint density at radius 3 is 1.38 bits per heavy atom. The van der Waals surface area contributed by atoms with Gasteiger partial charge in [0.15, 0.2) is 0 Å². The SMILES string of the molecule is CN1C(=O)[C@@H](NC(=O)c2nc3n(n2)C(c2c(F)cccc2F)CCC3)CCn2nccc21.CN1C(=O)[C@@H](NC(=O)c2nc3n(n2)[C@@H](c2c(F)cccc2F)CCC3)CCn2nccc21. The largest absolute Gasteiger partial charge is 0.337 e. The summed E-state index contributed by atoms with van der Waals surface area (Å²) < 4.78 is 63.8. The molecule has 4 aliphatic rings. The minimum absolute atomic E-state index is 0.0831. The summed E-state index contributed by atoms with van der Waals surface area (Å²) in [5, 5.41) is 22.3. The molecule has 1 unspecified atom stereocenters. The smallest absolute Gasteiger partial charge is 0.291 e. The molecule has 0 spiro atoms. The van der Waals surface area contributed by atoms with Crippen molar-refractivity contribution in [2.24, 2.45) is 0 Å². The van der Waals surface area contributed by atoms with Gasteiger partial charge in [0, 0.05) is 63.3 Å². The first-order valence-electron chi connectivity index (χ1n) is 20.9. The highest BCUT2D eigenvalue weighted by atomic mass is 19.1. The molecule has 332 valence electrons. The van der Waals surface area contributed by atoms with Crippen LogP contribution in [-0.4, -0.2) is 98.9 Å². The Morgan fingerprint density at radius 2 is 0.984 bits per heavy atom. The number of amides is 4. The van der Waals surface area contributed by atoms with Crippen molar-refractivity contribution in [2.75, 3.05) is 23.9 Å². The molecular weight excluding hydrogens is 841 g/mol. The van der Waals surface area contributed by atoms with Gasteiger partial charge in [0.1, 0.15) is 58.6 Å². The van der Waals surface area contributed by atoms with Crippen molar-refractivity contribution < 1.29 is 36.7 Å². The molecule has 10 rings (SSSR count). The van der Waals surface area contributed by atoms with E-state index in [1.807, 2.05) is 0 Å². The zero-order valence-corrected chi connectivity index (χ0v) is 34.7. The lowest BCUT2D eigenvalue weighted by Gasteiger charge is -2.24. The normalized spacial score (nSPS) is 20.5. The van der Waals surface area contributed by atoms with E-state index in [-0.39, 0.29) is 34.6 Å². The number of carbonyl (C=O) groups is 4. The number of hydrogen-bond acceptors (Lipinski definition) is 10. The quantitative estimate of drug-likeness (QED) is 0.233. The van der Waals surface area contributed by atoms with Crippen molar-refractivity contribution >= 4 is 35.3 Å². The van der Waals surface area contributed by atoms with Crippen molar-refractivity contribution in [3.8, 4) is 0 Å². The maximum Gasteiger partial charge on any atom is 0.291 e. The first-order chi connectivity index (χ1) is 30.9. The lowest BCUT2D eigenvalue weighted by Crippen LogP contribution is -2.47. The number of hydrogen-bond donors (Lipinski definition) is 2. The van der Waals surface area contributed by atoms with E-state index in [0.29, 0.717) is 87.7 Å². The van der Waals surface area contributed by atoms with Gasteiger partial charge < -0.3 is 10.6 Å². The van der Waals surface area contributed by atoms with Gasteiger partial charge in [-0.1, -0.05) is 12.1 Å². The van der Waals surface area contributed by atoms with E-state index in [9.17, 15) is 36.7 Å². The van der Waals surface area contributed by atoms with E-state index in [1.165, 1.54) is 55.6 Å². The van der Waals surface area contributed by atoms with Gasteiger partial charge >= 0.3 is 0 Å². The molecule has 2 N–H and O–H groups in total. The molecule has 6 aromatic rings. The second-order valence-corrected chi connectivity index (χ2v) is 15.9. The third-order valence-electron chi connectivity index (χ3n) is 12.0. The molecule has 4 aromatic heterocycles. The molecular formula is C42H42F4N14O4. The molecule has 64 heavy (non-hydrogen) atoms. The van der Waals surface area contributed by atoms with E-state index in [1.54, 1.807) is 48.0 Å². The van der Waals surface area contributed by atoms with Crippen LogP contribution in [0.25, 0.3) is 0 Å². The number of nitrogens with zero attached hydrogens (tertiary/aromatic N) is 12. The lowest BCUT2D eigenvalue weighted by molar-refractivity contribution is -0.120. The third-order valence-corrected chi connectivity index (χ3v) is 12.0. The standard InChI is InChI=1S/2C21H21F2N7O2/c2*1-28-17-8-10-24-29(17)11-9-14(21(28)32)25-20(31)19-26-16-7-3-6-15(30(16)27-19)18-12(22)4-2-5-13(18)23/h2*2,4-5,8,10,14-15H,3,6-7,9,11H2,1H3,(H,25,31)/t14-,15?;14-,15+/m00/s1. The number of benzene rings is 2. The van der Waals surface area contributed by atoms with Gasteiger partial charge in [-0.3, -0.25) is 29.0 Å². The van der Waals surface area contributed by atoms with Gasteiger partial charge in [0.25, 0.3) is 23.6 Å². The van der Waals surface area contributed by atoms with Crippen LogP contribution in [0.2, 0.25) is 0 Å². The van der Waals surface area contributed by atoms with Crippen LogP contribution >= 0.6 is 0 Å². The number of likely N-dealkylation sites (N-methyl/N-ethyl adjacent to an activating group) is 2. The third kappa shape index (κ3) is 7.76. The number of carbonyl (C=O) groups excluding carboxylic acids is 4. The van der Waals surface area contributed by atoms with Crippen LogP contribution in [0.1, 0.15) is 94.6 Å². The highest BCUT2D eigenvalue weighted by Crippen LogP contribution is 2.34. The number of aryl methyl sites for hydroxylation is 4. The highest BCUT2D eigenvalue weighted by molar-refractivity contribution is 6.01. The molecule has 4 atom stereocenters. The monoisotopic (exact) mass is 882 g/mol. The Bertz CT molecular complexity index is 2550. The van der Waals surface area contributed by atoms with Crippen LogP contribution in [0, 0.1) is 23.3 Å². The average Bonchev–Trinajstić information content (AvgIpc) is 4.11. The zero-order valence-electron chi connectivity index (χ0n) is 34.7. The number of halogens is 4. The van der Waals surface area contributed by atoms with Crippen molar-refractivity contribution in [3.63, 3.8) is 0 Å². The zero-order chi connectivity index (χ0) is 44.8. The Morgan fingerprint density at radius 1 is 0.594 bits per heavy atom. The maximum absolute atomic E-state index is 14.4. The van der Waals surface area contributed by atoms with Crippen LogP contribution in [0.15, 0.2) is 60.9 Å². The minimum atomic E-state index is -0.769. The van der Waals surface area contributed by atoms with E-state index in [0.717, 1.165) is 0 Å². The molecule has 0 aliphatic carbocycles. The topological polar surface area (TPSA) is 196 Å². The van der Waals surface area contributed by atoms with Crippen molar-refractivity contribution in [3.05, 3.63) is 119 Å². The van der Waals surface area contributed by atoms with E-state index in [4.69, 9.17) is 0 Å². The Labute approximate surface area is 362 Å². The number of anilines is 2. The molecule has 4 aliphatic heterocycles. The first kappa shape index (κ1) is 42.1. The van der Waals surface area contributed by atoms with Crippen LogP contribution in [-0.2, 0) is 35.5 Å². The lowest BCUT2D eigenvalue weighted by atomic mass is 9.97. The maximum atomic E-state index is 14.4. The summed E-state index contributed by atoms with van der Waals surface area (Å²) in [4.78, 5) is 62.9. The molecule has 18 nitrogen and oxygen atoms in total. The molecule has 2 aromatic carbocycles. The van der Waals surface area contributed by atoms with Crippen molar-refractivity contribution in [1.82, 2.24) is 59.7 Å². The number of fused-ring (bicyclic) bond motifs is 4. The molecule has 8 heterocycles. The van der Waals surface area contributed by atoms with Gasteiger partial charge in [-0.15, -0.1) is 10.2 Å². The summed E-state index contributed by atoms with van der Waals surface area (Å²) in [6.07, 6.45) is 7.32. The van der Waals surface area contributed by atoms with Gasteiger partial charge in [-0.2, -0.15) is 10.2 Å². The first-order valence-corrected chi connectivity index (χ1v) is 20.9. The molecule has 0 radical (unpaired) electrons. The van der Waals surface area contributed by atoms with E-state index in [2.05, 4.69) is 41.0 Å². The van der Waals surface area contributed by atoms with Crippen LogP contribution in [0.5, 0.6) is 0 Å². The summed E-state index contributed by atoms with van der Waals surface area (Å²) in [6, 6.07) is 8.00. The van der Waals surface area contributed by atoms with Crippen LogP contribution < -0.4 is 20.4 Å². The molecule has 0 fully saturated rings. The Hall–Kier alpha value is -7.26. The molecule has 4 amide bonds. The highest BCUT2D eigenvalue weighted by Gasteiger charge is 2.36. The summed E-state index contributed by atoms with van der Waals surface area (Å²) >= 11 is 0. The fourth-order valence-corrected chi connectivity index (χ4v) is 8.81. The molecule has 0 bridgehead atoms. The van der Waals surface area contributed by atoms with E-state index < -0.39 is 59.3 Å². The Balaban J connectivity index is 0.000000162. The summed E-state index contributed by atoms with van der Waals surface area (Å²) in [5.74, 6) is -2.36. The van der Waals surface area contributed by atoms with Crippen LogP contribution in [0.4, 0.5) is 29.2 Å². The fraction of sp³-hybridized carbons (Fsp3) is 0.381. The summed E-state index contributed by atoms with van der Waals surface area (Å²) in [7, 11) is 3.25. The summed E-state index contributed by atoms with van der Waals surface area (Å²) in [5.41, 5.74) is -0.166. The number of aromatic nitrogens is 10. The summed E-state index contributed by atoms with van der Waals surface area (Å²) in [6.45, 7) is 0.927. The Kier molecular flexibility index (Phi) is 11.3. The molecule has 22 heteroatoms. The number of rotatable bonds is 6. The van der Waals surface area contributed by atoms with Gasteiger partial charge in [0.2, 0.25) is 11.6 Å². The number of nitrogens with one attached hydrogen (secondary N) is 2. The molecule has 0 saturated carbocycles. The van der Waals surface area contributed by atoms with Gasteiger partial charge in [-0.25, -0.2) is 46.3 Å². The predicted molar refractivity (Wildman–Crippen MR) is 218 cm³/mol. The average molecular weight is 883 g/mol. The fourth-order valence-electron chi connectivity index (χ4n) is 8.81. The van der Waals surface area contributed by atoms with E-state index >= 15 is 0 Å². The molecule has 0 saturated heterocycles. The van der Waals surface area contributed by atoms with Gasteiger partial charge in [-0.05, 0) is 62.8 Å². The van der Waals surface area contributed by atoms with Crippen LogP contribution in [0.3, 0.4) is 0 Å². The van der Waals surface area contributed by atoms with Crippen molar-refractivity contribution in [2.45, 2.75) is 88.6 Å². The van der Waals surface area contributed by atoms with Crippen molar-refractivity contribution in [1.29, 1.82) is 0 Å².